The van der Waals surface area contributed by atoms with Crippen molar-refractivity contribution in [1.82, 2.24) is 9.80 Å². The first-order chi connectivity index (χ1) is 17.2. The summed E-state index contributed by atoms with van der Waals surface area (Å²) in [6, 6.07) is 1.78. The highest BCUT2D eigenvalue weighted by atomic mass is 16.3. The number of phenols is 1. The number of nitrogens with one attached hydrogen (secondary N) is 1. The number of primary amides is 1. The van der Waals surface area contributed by atoms with Crippen molar-refractivity contribution in [3.05, 3.63) is 28.8 Å². The van der Waals surface area contributed by atoms with E-state index < -0.39 is 58.7 Å². The summed E-state index contributed by atoms with van der Waals surface area (Å²) in [5.41, 5.74) is 3.08. The van der Waals surface area contributed by atoms with E-state index in [1.165, 1.54) is 17.0 Å². The van der Waals surface area contributed by atoms with Gasteiger partial charge in [0.1, 0.15) is 17.4 Å². The van der Waals surface area contributed by atoms with Gasteiger partial charge < -0.3 is 41.3 Å². The van der Waals surface area contributed by atoms with Crippen molar-refractivity contribution >= 4 is 34.8 Å². The number of aliphatic hydroxyl groups is 3. The molecule has 0 saturated heterocycles. The van der Waals surface area contributed by atoms with Gasteiger partial charge in [-0.05, 0) is 64.6 Å². The largest absolute Gasteiger partial charge is 0.507 e. The Balaban J connectivity index is 1.86. The predicted molar refractivity (Wildman–Crippen MR) is 131 cm³/mol. The number of benzene rings is 1. The van der Waals surface area contributed by atoms with Crippen LogP contribution < -0.4 is 11.1 Å². The van der Waals surface area contributed by atoms with Crippen molar-refractivity contribution in [3.8, 4) is 5.75 Å². The number of carbonyl (C=O) groups excluding carboxylic acids is 4. The summed E-state index contributed by atoms with van der Waals surface area (Å²) in [6.07, 6.45) is -1.46. The lowest BCUT2D eigenvalue weighted by molar-refractivity contribution is -0.184. The number of fused-ring (bicyclic) bond motifs is 3. The zero-order valence-electron chi connectivity index (χ0n) is 21.1. The summed E-state index contributed by atoms with van der Waals surface area (Å²) < 4.78 is 0. The van der Waals surface area contributed by atoms with Crippen molar-refractivity contribution in [2.45, 2.75) is 30.6 Å². The lowest BCUT2D eigenvalue weighted by Crippen LogP contribution is -2.73. The Kier molecular flexibility index (Phi) is 6.65. The molecule has 3 aliphatic rings. The molecular formula is C25H32N4O8. The van der Waals surface area contributed by atoms with Crippen LogP contribution in [0.2, 0.25) is 0 Å². The molecule has 12 heteroatoms. The van der Waals surface area contributed by atoms with Crippen LogP contribution in [0.3, 0.4) is 0 Å². The molecule has 1 aromatic carbocycles. The molecule has 6 atom stereocenters. The summed E-state index contributed by atoms with van der Waals surface area (Å²) in [5, 5.41) is 47.0. The van der Waals surface area contributed by atoms with Gasteiger partial charge in [-0.1, -0.05) is 0 Å². The number of rotatable bonds is 5. The van der Waals surface area contributed by atoms with Gasteiger partial charge >= 0.3 is 0 Å². The van der Waals surface area contributed by atoms with Crippen LogP contribution in [0.5, 0.6) is 5.75 Å². The Bertz CT molecular complexity index is 1230. The van der Waals surface area contributed by atoms with Gasteiger partial charge in [0.25, 0.3) is 0 Å². The predicted octanol–water partition coefficient (Wildman–Crippen LogP) is -1.37. The van der Waals surface area contributed by atoms with Crippen molar-refractivity contribution < 1.29 is 39.6 Å². The summed E-state index contributed by atoms with van der Waals surface area (Å²) >= 11 is 0. The molecule has 3 aliphatic carbocycles. The van der Waals surface area contributed by atoms with E-state index in [9.17, 15) is 39.6 Å². The molecule has 0 bridgehead atoms. The topological polar surface area (TPSA) is 194 Å². The van der Waals surface area contributed by atoms with Gasteiger partial charge in [-0.3, -0.25) is 19.2 Å². The highest BCUT2D eigenvalue weighted by Gasteiger charge is 2.67. The number of hydrogen-bond donors (Lipinski definition) is 6. The number of hydrogen-bond acceptors (Lipinski definition) is 10. The Morgan fingerprint density at radius 1 is 1.16 bits per heavy atom. The van der Waals surface area contributed by atoms with E-state index in [1.54, 1.807) is 33.1 Å². The molecule has 1 aromatic rings. The molecule has 37 heavy (non-hydrogen) atoms. The normalized spacial score (nSPS) is 31.2. The van der Waals surface area contributed by atoms with E-state index in [0.717, 1.165) is 0 Å². The number of amides is 2. The van der Waals surface area contributed by atoms with E-state index in [4.69, 9.17) is 5.73 Å². The minimum atomic E-state index is -2.71. The fraction of sp³-hybridized carbons (Fsp3) is 0.520. The first-order valence-corrected chi connectivity index (χ1v) is 11.9. The lowest BCUT2D eigenvalue weighted by Gasteiger charge is -2.53. The number of carbonyl (C=O) groups is 4. The molecule has 0 heterocycles. The maximum Gasteiger partial charge on any atom is 0.238 e. The van der Waals surface area contributed by atoms with Crippen LogP contribution in [0, 0.1) is 17.8 Å². The first-order valence-electron chi connectivity index (χ1n) is 11.9. The fourth-order valence-corrected chi connectivity index (χ4v) is 6.20. The zero-order chi connectivity index (χ0) is 27.6. The SMILES string of the molecule is CN(C)CC(=O)Nc1ccc(O)c2c1CC1CC3[C@H](N(C)C)C(O)C(C(N)=O)C(=O)[C@@]3(O)C(=O)C1=C2O. The number of nitrogens with two attached hydrogens (primary N) is 1. The number of anilines is 1. The minimum absolute atomic E-state index is 0.00105. The number of aromatic hydroxyl groups is 1. The highest BCUT2D eigenvalue weighted by molar-refractivity contribution is 6.25. The third kappa shape index (κ3) is 4.00. The monoisotopic (exact) mass is 516 g/mol. The van der Waals surface area contributed by atoms with Gasteiger partial charge in [-0.2, -0.15) is 0 Å². The second kappa shape index (κ2) is 9.21. The number of aliphatic hydroxyl groups excluding tert-OH is 2. The first kappa shape index (κ1) is 26.7. The number of ketones is 2. The number of phenolic OH excluding ortho intramolecular Hbond substituents is 1. The van der Waals surface area contributed by atoms with Gasteiger partial charge in [0.05, 0.1) is 18.2 Å². The smallest absolute Gasteiger partial charge is 0.238 e. The van der Waals surface area contributed by atoms with Crippen LogP contribution in [0.25, 0.3) is 5.76 Å². The second-order valence-corrected chi connectivity index (χ2v) is 10.6. The number of likely N-dealkylation sites (N-methyl/N-ethyl adjacent to an activating group) is 2. The number of nitrogens with zero attached hydrogens (tertiary/aromatic N) is 2. The van der Waals surface area contributed by atoms with Crippen LogP contribution >= 0.6 is 0 Å². The third-order valence-electron chi connectivity index (χ3n) is 7.71. The maximum absolute atomic E-state index is 13.8. The molecule has 2 amide bonds. The Morgan fingerprint density at radius 3 is 2.38 bits per heavy atom. The van der Waals surface area contributed by atoms with Crippen molar-refractivity contribution in [1.29, 1.82) is 0 Å². The van der Waals surface area contributed by atoms with E-state index in [0.29, 0.717) is 11.3 Å². The quantitative estimate of drug-likeness (QED) is 0.201. The molecular weight excluding hydrogens is 484 g/mol. The Labute approximate surface area is 213 Å². The third-order valence-corrected chi connectivity index (χ3v) is 7.71. The van der Waals surface area contributed by atoms with Gasteiger partial charge in [0, 0.05) is 23.2 Å². The summed E-state index contributed by atoms with van der Waals surface area (Å²) in [6.45, 7) is 0.0886. The summed E-state index contributed by atoms with van der Waals surface area (Å²) in [7, 11) is 6.63. The van der Waals surface area contributed by atoms with E-state index in [-0.39, 0.29) is 42.2 Å². The van der Waals surface area contributed by atoms with Crippen molar-refractivity contribution in [2.75, 3.05) is 40.1 Å². The van der Waals surface area contributed by atoms with Crippen molar-refractivity contribution in [3.63, 3.8) is 0 Å². The van der Waals surface area contributed by atoms with Crippen LogP contribution in [0.4, 0.5) is 5.69 Å². The fourth-order valence-electron chi connectivity index (χ4n) is 6.20. The average Bonchev–Trinajstić information content (AvgIpc) is 2.77. The molecule has 12 nitrogen and oxygen atoms in total. The van der Waals surface area contributed by atoms with Crippen LogP contribution in [-0.2, 0) is 25.6 Å². The van der Waals surface area contributed by atoms with Crippen LogP contribution in [-0.4, -0.2) is 106 Å². The van der Waals surface area contributed by atoms with Gasteiger partial charge in [-0.25, -0.2) is 0 Å². The van der Waals surface area contributed by atoms with E-state index in [1.807, 2.05) is 0 Å². The van der Waals surface area contributed by atoms with Gasteiger partial charge in [-0.15, -0.1) is 0 Å². The van der Waals surface area contributed by atoms with E-state index in [2.05, 4.69) is 5.32 Å². The highest BCUT2D eigenvalue weighted by Crippen LogP contribution is 2.52. The molecule has 200 valence electrons. The molecule has 2 saturated carbocycles. The lowest BCUT2D eigenvalue weighted by atomic mass is 9.54. The van der Waals surface area contributed by atoms with Crippen LogP contribution in [0.1, 0.15) is 17.5 Å². The van der Waals surface area contributed by atoms with Crippen LogP contribution in [0.15, 0.2) is 17.7 Å². The van der Waals surface area contributed by atoms with Gasteiger partial charge in [0.2, 0.25) is 17.6 Å². The second-order valence-electron chi connectivity index (χ2n) is 10.6. The standard InChI is InChI=1S/C25H32N4O8/c1-28(2)9-15(31)27-13-5-6-14(30)17-11(13)7-10-8-12-19(29(3)4)21(33)18(24(26)36)23(35)25(12,37)22(34)16(10)20(17)32/h5-6,10,12,18-19,21,30,32-33,37H,7-9H2,1-4H3,(H2,26,36)(H,27,31)/t10?,12?,18?,19-,21?,25-/m0/s1. The molecule has 0 spiro atoms. The summed E-state index contributed by atoms with van der Waals surface area (Å²) in [4.78, 5) is 54.8. The molecule has 7 N–H and O–H groups in total. The zero-order valence-corrected chi connectivity index (χ0v) is 21.1. The summed E-state index contributed by atoms with van der Waals surface area (Å²) in [5.74, 6) is -8.39. The van der Waals surface area contributed by atoms with Gasteiger partial charge in [0.15, 0.2) is 11.4 Å². The molecule has 2 fully saturated rings. The number of Topliss-reactive ketones (excluding diaryl/α,β-unsaturated/α-hetero) is 2. The molecule has 4 unspecified atom stereocenters. The molecule has 0 aliphatic heterocycles. The molecule has 0 aromatic heterocycles. The Hall–Kier alpha value is -3.32. The maximum atomic E-state index is 13.8. The van der Waals surface area contributed by atoms with Crippen molar-refractivity contribution in [2.24, 2.45) is 23.5 Å². The van der Waals surface area contributed by atoms with E-state index >= 15 is 0 Å². The Morgan fingerprint density at radius 2 is 1.81 bits per heavy atom. The average molecular weight is 517 g/mol. The molecule has 4 rings (SSSR count). The molecule has 0 radical (unpaired) electrons. The minimum Gasteiger partial charge on any atom is -0.507 e.